The minimum atomic E-state index is -0.786. The van der Waals surface area contributed by atoms with Gasteiger partial charge >= 0.3 is 12.2 Å². The fourth-order valence-corrected chi connectivity index (χ4v) is 2.47. The zero-order valence-electron chi connectivity index (χ0n) is 17.3. The molecular weight excluding hydrogens is 362 g/mol. The molecule has 1 heterocycles. The highest BCUT2D eigenvalue weighted by molar-refractivity contribution is 6.12. The van der Waals surface area contributed by atoms with Gasteiger partial charge in [-0.25, -0.2) is 14.5 Å². The van der Waals surface area contributed by atoms with Crippen LogP contribution >= 0.6 is 0 Å². The Kier molecular flexibility index (Phi) is 5.45. The second-order valence-corrected chi connectivity index (χ2v) is 8.51. The average Bonchev–Trinajstić information content (AvgIpc) is 2.88. The number of carbonyl (C=O) groups is 3. The summed E-state index contributed by atoms with van der Waals surface area (Å²) in [6.45, 7) is 10.4. The van der Waals surface area contributed by atoms with E-state index in [1.165, 1.54) is 17.8 Å². The van der Waals surface area contributed by atoms with Crippen LogP contribution in [0.1, 0.15) is 51.9 Å². The van der Waals surface area contributed by atoms with E-state index in [2.05, 4.69) is 0 Å². The molecule has 8 heteroatoms. The highest BCUT2D eigenvalue weighted by Crippen LogP contribution is 2.26. The number of benzene rings is 1. The van der Waals surface area contributed by atoms with Crippen LogP contribution in [0.4, 0.5) is 15.3 Å². The summed E-state index contributed by atoms with van der Waals surface area (Å²) in [5.41, 5.74) is 5.39. The average molecular weight is 389 g/mol. The molecule has 0 unspecified atom stereocenters. The summed E-state index contributed by atoms with van der Waals surface area (Å²) in [5.74, 6) is -0.605. The highest BCUT2D eigenvalue weighted by atomic mass is 16.6. The van der Waals surface area contributed by atoms with Crippen LogP contribution in [0.3, 0.4) is 0 Å². The SMILES string of the molecule is CN(C(=O)OC(C)(C)C)C(=O)c1cn(C(=O)OC(C)(C)C)c2cc(N)ccc12. The van der Waals surface area contributed by atoms with Gasteiger partial charge in [0.05, 0.1) is 11.1 Å². The predicted octanol–water partition coefficient (Wildman–Crippen LogP) is 4.01. The van der Waals surface area contributed by atoms with E-state index in [0.717, 1.165) is 4.90 Å². The van der Waals surface area contributed by atoms with Crippen molar-refractivity contribution in [1.29, 1.82) is 0 Å². The largest absolute Gasteiger partial charge is 0.443 e. The van der Waals surface area contributed by atoms with E-state index in [-0.39, 0.29) is 5.56 Å². The zero-order valence-corrected chi connectivity index (χ0v) is 17.3. The van der Waals surface area contributed by atoms with Crippen molar-refractivity contribution >= 4 is 34.7 Å². The van der Waals surface area contributed by atoms with Gasteiger partial charge in [-0.2, -0.15) is 0 Å². The van der Waals surface area contributed by atoms with E-state index in [4.69, 9.17) is 15.2 Å². The lowest BCUT2D eigenvalue weighted by atomic mass is 10.1. The number of nitrogens with two attached hydrogens (primary N) is 1. The molecule has 2 N–H and O–H groups in total. The Morgan fingerprint density at radius 3 is 2.11 bits per heavy atom. The fourth-order valence-electron chi connectivity index (χ4n) is 2.47. The van der Waals surface area contributed by atoms with Gasteiger partial charge in [0.15, 0.2) is 0 Å². The third-order valence-electron chi connectivity index (χ3n) is 3.62. The zero-order chi connectivity index (χ0) is 21.4. The van der Waals surface area contributed by atoms with Crippen LogP contribution in [-0.2, 0) is 9.47 Å². The van der Waals surface area contributed by atoms with Crippen molar-refractivity contribution in [3.05, 3.63) is 30.0 Å². The van der Waals surface area contributed by atoms with Crippen LogP contribution < -0.4 is 5.73 Å². The van der Waals surface area contributed by atoms with Crippen molar-refractivity contribution < 1.29 is 23.9 Å². The molecule has 8 nitrogen and oxygen atoms in total. The van der Waals surface area contributed by atoms with Gasteiger partial charge in [0.2, 0.25) is 0 Å². The van der Waals surface area contributed by atoms with Gasteiger partial charge in [0, 0.05) is 24.3 Å². The van der Waals surface area contributed by atoms with E-state index in [9.17, 15) is 14.4 Å². The van der Waals surface area contributed by atoms with Crippen LogP contribution in [0, 0.1) is 0 Å². The number of hydrogen-bond donors (Lipinski definition) is 1. The van der Waals surface area contributed by atoms with Crippen molar-refractivity contribution in [2.45, 2.75) is 52.7 Å². The number of fused-ring (bicyclic) bond motifs is 1. The van der Waals surface area contributed by atoms with Gasteiger partial charge in [-0.05, 0) is 59.7 Å². The number of carbonyl (C=O) groups excluding carboxylic acids is 3. The molecule has 28 heavy (non-hydrogen) atoms. The minimum absolute atomic E-state index is 0.161. The number of imide groups is 1. The summed E-state index contributed by atoms with van der Waals surface area (Å²) < 4.78 is 11.9. The normalized spacial score (nSPS) is 12.0. The quantitative estimate of drug-likeness (QED) is 0.739. The Bertz CT molecular complexity index is 932. The van der Waals surface area contributed by atoms with Gasteiger partial charge < -0.3 is 15.2 Å². The molecule has 1 aromatic heterocycles. The molecule has 0 bridgehead atoms. The van der Waals surface area contributed by atoms with Gasteiger partial charge in [-0.1, -0.05) is 0 Å². The van der Waals surface area contributed by atoms with Gasteiger partial charge in [0.25, 0.3) is 5.91 Å². The molecule has 0 radical (unpaired) electrons. The van der Waals surface area contributed by atoms with Crippen molar-refractivity contribution in [3.8, 4) is 0 Å². The van der Waals surface area contributed by atoms with Crippen LogP contribution in [0.15, 0.2) is 24.4 Å². The van der Waals surface area contributed by atoms with E-state index < -0.39 is 29.3 Å². The van der Waals surface area contributed by atoms with Crippen molar-refractivity contribution in [2.75, 3.05) is 12.8 Å². The molecule has 0 spiro atoms. The lowest BCUT2D eigenvalue weighted by Crippen LogP contribution is -2.38. The third-order valence-corrected chi connectivity index (χ3v) is 3.62. The summed E-state index contributed by atoms with van der Waals surface area (Å²) in [6.07, 6.45) is -0.0883. The first-order chi connectivity index (χ1) is 12.7. The first-order valence-corrected chi connectivity index (χ1v) is 8.84. The summed E-state index contributed by atoms with van der Waals surface area (Å²) >= 11 is 0. The number of anilines is 1. The van der Waals surface area contributed by atoms with Crippen molar-refractivity contribution in [1.82, 2.24) is 9.47 Å². The monoisotopic (exact) mass is 389 g/mol. The molecule has 0 aliphatic rings. The molecule has 0 saturated carbocycles. The van der Waals surface area contributed by atoms with E-state index in [0.29, 0.717) is 16.6 Å². The van der Waals surface area contributed by atoms with Gasteiger partial charge in [-0.15, -0.1) is 0 Å². The Morgan fingerprint density at radius 2 is 1.57 bits per heavy atom. The van der Waals surface area contributed by atoms with Crippen LogP contribution in [-0.4, -0.2) is 45.8 Å². The molecule has 2 rings (SSSR count). The lowest BCUT2D eigenvalue weighted by molar-refractivity contribution is 0.0285. The molecule has 2 amide bonds. The molecule has 1 aromatic carbocycles. The Labute approximate surface area is 164 Å². The summed E-state index contributed by atoms with van der Waals surface area (Å²) in [7, 11) is 1.32. The molecule has 0 fully saturated rings. The van der Waals surface area contributed by atoms with E-state index >= 15 is 0 Å². The van der Waals surface area contributed by atoms with E-state index in [1.807, 2.05) is 0 Å². The fraction of sp³-hybridized carbons (Fsp3) is 0.450. The number of rotatable bonds is 1. The summed E-state index contributed by atoms with van der Waals surface area (Å²) in [6, 6.07) is 4.82. The Morgan fingerprint density at radius 1 is 1.00 bits per heavy atom. The maximum Gasteiger partial charge on any atom is 0.419 e. The summed E-state index contributed by atoms with van der Waals surface area (Å²) in [4.78, 5) is 38.6. The molecular formula is C20H27N3O5. The Hall–Kier alpha value is -3.03. The molecule has 0 aliphatic carbocycles. The van der Waals surface area contributed by atoms with Crippen LogP contribution in [0.5, 0.6) is 0 Å². The van der Waals surface area contributed by atoms with E-state index in [1.54, 1.807) is 59.7 Å². The number of aromatic nitrogens is 1. The van der Waals surface area contributed by atoms with Gasteiger partial charge in [-0.3, -0.25) is 9.36 Å². The molecule has 0 atom stereocenters. The topological polar surface area (TPSA) is 104 Å². The number of nitrogen functional groups attached to an aromatic ring is 1. The number of hydrogen-bond acceptors (Lipinski definition) is 6. The second-order valence-electron chi connectivity index (χ2n) is 8.51. The minimum Gasteiger partial charge on any atom is -0.443 e. The van der Waals surface area contributed by atoms with Crippen molar-refractivity contribution in [3.63, 3.8) is 0 Å². The molecule has 0 saturated heterocycles. The summed E-state index contributed by atoms with van der Waals surface area (Å²) in [5, 5.41) is 0.473. The first kappa shape index (κ1) is 21.3. The standard InChI is InChI=1S/C20H27N3O5/c1-19(2,3)27-17(25)22(7)16(24)14-11-23(18(26)28-20(4,5)6)15-10-12(21)8-9-13(14)15/h8-11H,21H2,1-7H3. The first-order valence-electron chi connectivity index (χ1n) is 8.84. The maximum atomic E-state index is 12.9. The number of amides is 2. The maximum absolute atomic E-state index is 12.9. The number of nitrogens with zero attached hydrogens (tertiary/aromatic N) is 2. The molecule has 2 aromatic rings. The predicted molar refractivity (Wildman–Crippen MR) is 106 cm³/mol. The van der Waals surface area contributed by atoms with Gasteiger partial charge in [0.1, 0.15) is 11.2 Å². The molecule has 0 aliphatic heterocycles. The number of ether oxygens (including phenoxy) is 2. The third kappa shape index (κ3) is 4.82. The highest BCUT2D eigenvalue weighted by Gasteiger charge is 2.29. The van der Waals surface area contributed by atoms with Crippen LogP contribution in [0.2, 0.25) is 0 Å². The lowest BCUT2D eigenvalue weighted by Gasteiger charge is -2.23. The van der Waals surface area contributed by atoms with Crippen molar-refractivity contribution in [2.24, 2.45) is 0 Å². The molecule has 152 valence electrons. The second kappa shape index (κ2) is 7.18. The smallest absolute Gasteiger partial charge is 0.419 e. The van der Waals surface area contributed by atoms with Crippen LogP contribution in [0.25, 0.3) is 10.9 Å². The Balaban J connectivity index is 2.49.